The minimum atomic E-state index is 0.0676. The van der Waals surface area contributed by atoms with Crippen molar-refractivity contribution in [2.24, 2.45) is 5.73 Å². The van der Waals surface area contributed by atoms with Gasteiger partial charge in [-0.1, -0.05) is 18.2 Å². The molecule has 1 aromatic carbocycles. The molecule has 0 atom stereocenters. The highest BCUT2D eigenvalue weighted by Crippen LogP contribution is 2.18. The molecule has 0 aliphatic rings. The molecule has 0 saturated carbocycles. The van der Waals surface area contributed by atoms with Crippen LogP contribution in [-0.2, 0) is 12.8 Å². The van der Waals surface area contributed by atoms with Gasteiger partial charge in [-0.25, -0.2) is 0 Å². The number of carbonyl (C=O) groups excluding carboxylic acids is 1. The summed E-state index contributed by atoms with van der Waals surface area (Å²) in [6.07, 6.45) is 6.77. The zero-order chi connectivity index (χ0) is 13.9. The summed E-state index contributed by atoms with van der Waals surface area (Å²) in [4.78, 5) is 15.5. The van der Waals surface area contributed by atoms with E-state index in [9.17, 15) is 4.79 Å². The number of aromatic amines is 1. The Morgan fingerprint density at radius 1 is 1.25 bits per heavy atom. The Bertz CT molecular complexity index is 739. The summed E-state index contributed by atoms with van der Waals surface area (Å²) in [5.74, 6) is 0.0676. The Kier molecular flexibility index (Phi) is 3.39. The Balaban J connectivity index is 1.81. The van der Waals surface area contributed by atoms with Gasteiger partial charge in [0.25, 0.3) is 0 Å². The van der Waals surface area contributed by atoms with Gasteiger partial charge < -0.3 is 10.7 Å². The lowest BCUT2D eigenvalue weighted by Gasteiger charge is -2.01. The average molecular weight is 267 g/mol. The van der Waals surface area contributed by atoms with E-state index < -0.39 is 0 Å². The largest absolute Gasteiger partial charge is 0.361 e. The molecular formula is C16H17N3O. The Morgan fingerprint density at radius 2 is 2.10 bits per heavy atom. The fourth-order valence-electron chi connectivity index (χ4n) is 2.44. The standard InChI is InChI=1S/C16H17N3O/c17-7-5-12-6-8-19(11-12)16(20)9-13-10-18-15-4-2-1-3-14(13)15/h1-4,6,8,10-11,18H,5,7,9,17H2. The lowest BCUT2D eigenvalue weighted by atomic mass is 10.1. The summed E-state index contributed by atoms with van der Waals surface area (Å²) in [5, 5.41) is 1.11. The Labute approximate surface area is 117 Å². The van der Waals surface area contributed by atoms with Crippen molar-refractivity contribution in [3.63, 3.8) is 0 Å². The van der Waals surface area contributed by atoms with Crippen molar-refractivity contribution in [2.45, 2.75) is 12.8 Å². The van der Waals surface area contributed by atoms with E-state index in [1.807, 2.05) is 48.9 Å². The number of carbonyl (C=O) groups is 1. The highest BCUT2D eigenvalue weighted by atomic mass is 16.1. The molecule has 0 fully saturated rings. The molecule has 0 aliphatic heterocycles. The first-order valence-corrected chi connectivity index (χ1v) is 6.73. The molecule has 0 unspecified atom stereocenters. The summed E-state index contributed by atoms with van der Waals surface area (Å²) in [5.41, 5.74) is 8.71. The van der Waals surface area contributed by atoms with Gasteiger partial charge in [-0.3, -0.25) is 9.36 Å². The molecular weight excluding hydrogens is 250 g/mol. The lowest BCUT2D eigenvalue weighted by Crippen LogP contribution is -2.11. The van der Waals surface area contributed by atoms with Crippen LogP contribution in [-0.4, -0.2) is 22.0 Å². The van der Waals surface area contributed by atoms with Crippen molar-refractivity contribution in [3.05, 3.63) is 60.0 Å². The first-order chi connectivity index (χ1) is 9.78. The average Bonchev–Trinajstić information content (AvgIpc) is 3.07. The third-order valence-corrected chi connectivity index (χ3v) is 3.49. The molecule has 0 saturated heterocycles. The van der Waals surface area contributed by atoms with Crippen LogP contribution in [0.4, 0.5) is 0 Å². The number of hydrogen-bond donors (Lipinski definition) is 2. The number of nitrogens with one attached hydrogen (secondary N) is 1. The van der Waals surface area contributed by atoms with Crippen molar-refractivity contribution in [2.75, 3.05) is 6.54 Å². The molecule has 3 N–H and O–H groups in total. The highest BCUT2D eigenvalue weighted by Gasteiger charge is 2.10. The maximum atomic E-state index is 12.3. The number of aromatic nitrogens is 2. The summed E-state index contributed by atoms with van der Waals surface area (Å²) in [6.45, 7) is 0.598. The molecule has 102 valence electrons. The predicted molar refractivity (Wildman–Crippen MR) is 79.8 cm³/mol. The first-order valence-electron chi connectivity index (χ1n) is 6.73. The molecule has 3 rings (SSSR count). The number of rotatable bonds is 4. The van der Waals surface area contributed by atoms with E-state index in [1.165, 1.54) is 0 Å². The van der Waals surface area contributed by atoms with Crippen LogP contribution in [0.5, 0.6) is 0 Å². The van der Waals surface area contributed by atoms with E-state index in [-0.39, 0.29) is 5.91 Å². The van der Waals surface area contributed by atoms with Gasteiger partial charge in [0.2, 0.25) is 5.91 Å². The molecule has 0 bridgehead atoms. The second-order valence-electron chi connectivity index (χ2n) is 4.90. The minimum Gasteiger partial charge on any atom is -0.361 e. The fraction of sp³-hybridized carbons (Fsp3) is 0.188. The predicted octanol–water partition coefficient (Wildman–Crippen LogP) is 2.35. The summed E-state index contributed by atoms with van der Waals surface area (Å²) in [6, 6.07) is 9.96. The van der Waals surface area contributed by atoms with Crippen LogP contribution in [0.15, 0.2) is 48.9 Å². The maximum Gasteiger partial charge on any atom is 0.235 e. The normalized spacial score (nSPS) is 11.1. The first kappa shape index (κ1) is 12.7. The molecule has 4 heteroatoms. The number of H-pyrrole nitrogens is 1. The molecule has 2 heterocycles. The topological polar surface area (TPSA) is 63.8 Å². The fourth-order valence-corrected chi connectivity index (χ4v) is 2.44. The van der Waals surface area contributed by atoms with Crippen molar-refractivity contribution in [1.29, 1.82) is 0 Å². The van der Waals surface area contributed by atoms with E-state index in [0.717, 1.165) is 28.5 Å². The number of nitrogens with two attached hydrogens (primary N) is 1. The molecule has 4 nitrogen and oxygen atoms in total. The summed E-state index contributed by atoms with van der Waals surface area (Å²) >= 11 is 0. The van der Waals surface area contributed by atoms with E-state index >= 15 is 0 Å². The van der Waals surface area contributed by atoms with Crippen LogP contribution in [0.1, 0.15) is 15.9 Å². The smallest absolute Gasteiger partial charge is 0.235 e. The van der Waals surface area contributed by atoms with Gasteiger partial charge in [-0.05, 0) is 36.2 Å². The monoisotopic (exact) mass is 267 g/mol. The van der Waals surface area contributed by atoms with Gasteiger partial charge in [-0.2, -0.15) is 0 Å². The lowest BCUT2D eigenvalue weighted by molar-refractivity contribution is 0.0914. The zero-order valence-corrected chi connectivity index (χ0v) is 11.2. The Hall–Kier alpha value is -2.33. The summed E-state index contributed by atoms with van der Waals surface area (Å²) in [7, 11) is 0. The summed E-state index contributed by atoms with van der Waals surface area (Å²) < 4.78 is 1.65. The SMILES string of the molecule is NCCc1ccn(C(=O)Cc2c[nH]c3ccccc23)c1. The van der Waals surface area contributed by atoms with Crippen LogP contribution in [0.3, 0.4) is 0 Å². The third-order valence-electron chi connectivity index (χ3n) is 3.49. The van der Waals surface area contributed by atoms with Crippen molar-refractivity contribution < 1.29 is 4.79 Å². The highest BCUT2D eigenvalue weighted by molar-refractivity contribution is 5.89. The van der Waals surface area contributed by atoms with Crippen LogP contribution < -0.4 is 5.73 Å². The van der Waals surface area contributed by atoms with Crippen LogP contribution in [0.2, 0.25) is 0 Å². The Morgan fingerprint density at radius 3 is 2.95 bits per heavy atom. The zero-order valence-electron chi connectivity index (χ0n) is 11.2. The van der Waals surface area contributed by atoms with E-state index in [2.05, 4.69) is 4.98 Å². The number of para-hydroxylation sites is 1. The van der Waals surface area contributed by atoms with Crippen molar-refractivity contribution in [3.8, 4) is 0 Å². The van der Waals surface area contributed by atoms with Crippen LogP contribution >= 0.6 is 0 Å². The maximum absolute atomic E-state index is 12.3. The molecule has 0 amide bonds. The molecule has 20 heavy (non-hydrogen) atoms. The van der Waals surface area contributed by atoms with Gasteiger partial charge >= 0.3 is 0 Å². The van der Waals surface area contributed by atoms with Crippen LogP contribution in [0, 0.1) is 0 Å². The quantitative estimate of drug-likeness (QED) is 0.762. The van der Waals surface area contributed by atoms with Gasteiger partial charge in [0.15, 0.2) is 0 Å². The van der Waals surface area contributed by atoms with Gasteiger partial charge in [0.1, 0.15) is 0 Å². The third kappa shape index (κ3) is 2.38. The molecule has 0 spiro atoms. The number of nitrogens with zero attached hydrogens (tertiary/aromatic N) is 1. The van der Waals surface area contributed by atoms with Gasteiger partial charge in [-0.15, -0.1) is 0 Å². The molecule has 0 radical (unpaired) electrons. The van der Waals surface area contributed by atoms with E-state index in [1.54, 1.807) is 4.57 Å². The number of benzene rings is 1. The second kappa shape index (κ2) is 5.35. The molecule has 3 aromatic rings. The van der Waals surface area contributed by atoms with Crippen LogP contribution in [0.25, 0.3) is 10.9 Å². The molecule has 2 aromatic heterocycles. The number of fused-ring (bicyclic) bond motifs is 1. The molecule has 0 aliphatic carbocycles. The minimum absolute atomic E-state index is 0.0676. The van der Waals surface area contributed by atoms with Crippen molar-refractivity contribution in [1.82, 2.24) is 9.55 Å². The second-order valence-corrected chi connectivity index (χ2v) is 4.90. The van der Waals surface area contributed by atoms with Crippen molar-refractivity contribution >= 4 is 16.8 Å². The van der Waals surface area contributed by atoms with E-state index in [0.29, 0.717) is 13.0 Å². The number of hydrogen-bond acceptors (Lipinski definition) is 2. The van der Waals surface area contributed by atoms with Gasteiger partial charge in [0.05, 0.1) is 6.42 Å². The van der Waals surface area contributed by atoms with Gasteiger partial charge in [0, 0.05) is 29.5 Å². The van der Waals surface area contributed by atoms with E-state index in [4.69, 9.17) is 5.73 Å².